The number of hydrogen-bond acceptors (Lipinski definition) is 1. The Morgan fingerprint density at radius 3 is 2.28 bits per heavy atom. The molecule has 96 valence electrons. The minimum atomic E-state index is 0.179. The zero-order chi connectivity index (χ0) is 13.4. The van der Waals surface area contributed by atoms with Gasteiger partial charge in [0.2, 0.25) is 0 Å². The normalized spacial score (nSPS) is 11.7. The van der Waals surface area contributed by atoms with Crippen LogP contribution in [0.4, 0.5) is 0 Å². The van der Waals surface area contributed by atoms with Gasteiger partial charge in [0.15, 0.2) is 5.43 Å². The van der Waals surface area contributed by atoms with Gasteiger partial charge in [-0.1, -0.05) is 39.8 Å². The van der Waals surface area contributed by atoms with Crippen molar-refractivity contribution in [1.29, 1.82) is 0 Å². The van der Waals surface area contributed by atoms with E-state index in [2.05, 4.69) is 38.7 Å². The van der Waals surface area contributed by atoms with Crippen LogP contribution in [-0.4, -0.2) is 4.98 Å². The second kappa shape index (κ2) is 4.60. The van der Waals surface area contributed by atoms with Crippen LogP contribution in [0.3, 0.4) is 0 Å². The first-order valence-electron chi connectivity index (χ1n) is 6.58. The Balaban J connectivity index is 2.90. The number of para-hydroxylation sites is 1. The highest BCUT2D eigenvalue weighted by atomic mass is 16.1. The Bertz CT molecular complexity index is 635. The maximum atomic E-state index is 12.5. The lowest BCUT2D eigenvalue weighted by Crippen LogP contribution is -2.15. The molecule has 0 fully saturated rings. The average Bonchev–Trinajstić information content (AvgIpc) is 2.27. The van der Waals surface area contributed by atoms with E-state index in [9.17, 15) is 4.79 Å². The third kappa shape index (κ3) is 1.96. The average molecular weight is 243 g/mol. The molecular weight excluding hydrogens is 222 g/mol. The van der Waals surface area contributed by atoms with E-state index >= 15 is 0 Å². The van der Waals surface area contributed by atoms with Gasteiger partial charge >= 0.3 is 0 Å². The molecule has 0 aliphatic carbocycles. The second-order valence-corrected chi connectivity index (χ2v) is 5.57. The maximum Gasteiger partial charge on any atom is 0.193 e. The first kappa shape index (κ1) is 12.9. The standard InChI is InChI=1S/C16H21NO/c1-9(2)12-7-6-8-13-15(12)17-11(5)14(10(3)4)16(13)18/h6-10H,1-5H3,(H,17,18). The largest absolute Gasteiger partial charge is 0.358 e. The van der Waals surface area contributed by atoms with Gasteiger partial charge in [0.25, 0.3) is 0 Å². The zero-order valence-corrected chi connectivity index (χ0v) is 11.8. The molecule has 0 saturated carbocycles. The van der Waals surface area contributed by atoms with Crippen molar-refractivity contribution in [1.82, 2.24) is 4.98 Å². The molecule has 0 unspecified atom stereocenters. The van der Waals surface area contributed by atoms with Crippen molar-refractivity contribution in [3.05, 3.63) is 45.2 Å². The van der Waals surface area contributed by atoms with Gasteiger partial charge in [-0.15, -0.1) is 0 Å². The molecule has 18 heavy (non-hydrogen) atoms. The molecule has 0 saturated heterocycles. The molecule has 2 rings (SSSR count). The summed E-state index contributed by atoms with van der Waals surface area (Å²) in [6.45, 7) is 10.4. The number of aromatic nitrogens is 1. The molecule has 0 radical (unpaired) electrons. The molecule has 1 heterocycles. The summed E-state index contributed by atoms with van der Waals surface area (Å²) in [5.74, 6) is 0.662. The summed E-state index contributed by atoms with van der Waals surface area (Å²) in [5, 5.41) is 0.815. The van der Waals surface area contributed by atoms with Gasteiger partial charge in [0.05, 0.1) is 5.52 Å². The van der Waals surface area contributed by atoms with E-state index in [4.69, 9.17) is 0 Å². The Labute approximate surface area is 108 Å². The number of aromatic amines is 1. The minimum absolute atomic E-state index is 0.179. The lowest BCUT2D eigenvalue weighted by molar-refractivity contribution is 0.834. The van der Waals surface area contributed by atoms with Crippen LogP contribution in [0.5, 0.6) is 0 Å². The Kier molecular flexibility index (Phi) is 3.29. The Hall–Kier alpha value is -1.57. The van der Waals surface area contributed by atoms with Crippen molar-refractivity contribution in [2.45, 2.75) is 46.5 Å². The highest BCUT2D eigenvalue weighted by Crippen LogP contribution is 2.24. The van der Waals surface area contributed by atoms with Crippen LogP contribution in [0.1, 0.15) is 56.4 Å². The van der Waals surface area contributed by atoms with Crippen molar-refractivity contribution >= 4 is 10.9 Å². The molecule has 0 amide bonds. The second-order valence-electron chi connectivity index (χ2n) is 5.57. The number of fused-ring (bicyclic) bond motifs is 1. The number of rotatable bonds is 2. The van der Waals surface area contributed by atoms with Gasteiger partial charge in [0, 0.05) is 16.6 Å². The van der Waals surface area contributed by atoms with Crippen molar-refractivity contribution in [2.24, 2.45) is 0 Å². The van der Waals surface area contributed by atoms with Crippen molar-refractivity contribution in [2.75, 3.05) is 0 Å². The topological polar surface area (TPSA) is 32.9 Å². The molecule has 0 bridgehead atoms. The van der Waals surface area contributed by atoms with Crippen LogP contribution in [0, 0.1) is 6.92 Å². The van der Waals surface area contributed by atoms with Crippen LogP contribution >= 0.6 is 0 Å². The maximum absolute atomic E-state index is 12.5. The molecule has 0 atom stereocenters. The number of H-pyrrole nitrogens is 1. The zero-order valence-electron chi connectivity index (χ0n) is 11.8. The first-order chi connectivity index (χ1) is 8.43. The molecular formula is C16H21NO. The Morgan fingerprint density at radius 2 is 1.72 bits per heavy atom. The quantitative estimate of drug-likeness (QED) is 0.847. The molecule has 2 heteroatoms. The summed E-state index contributed by atoms with van der Waals surface area (Å²) in [5.41, 5.74) is 4.29. The summed E-state index contributed by atoms with van der Waals surface area (Å²) in [6.07, 6.45) is 0. The molecule has 1 aromatic heterocycles. The van der Waals surface area contributed by atoms with Gasteiger partial charge in [-0.2, -0.15) is 0 Å². The Morgan fingerprint density at radius 1 is 1.06 bits per heavy atom. The predicted molar refractivity (Wildman–Crippen MR) is 77.5 cm³/mol. The number of pyridine rings is 1. The number of aryl methyl sites for hydroxylation is 1. The van der Waals surface area contributed by atoms with Crippen molar-refractivity contribution in [3.63, 3.8) is 0 Å². The molecule has 0 spiro atoms. The summed E-state index contributed by atoms with van der Waals surface area (Å²) in [4.78, 5) is 16.0. The fourth-order valence-corrected chi connectivity index (χ4v) is 2.65. The van der Waals surface area contributed by atoms with E-state index in [1.165, 1.54) is 5.56 Å². The van der Waals surface area contributed by atoms with Crippen molar-refractivity contribution in [3.8, 4) is 0 Å². The highest BCUT2D eigenvalue weighted by molar-refractivity contribution is 5.83. The summed E-state index contributed by atoms with van der Waals surface area (Å²) < 4.78 is 0. The predicted octanol–water partition coefficient (Wildman–Crippen LogP) is 4.08. The van der Waals surface area contributed by atoms with Crippen LogP contribution in [0.25, 0.3) is 10.9 Å². The third-order valence-corrected chi connectivity index (χ3v) is 3.50. The summed E-state index contributed by atoms with van der Waals surface area (Å²) >= 11 is 0. The first-order valence-corrected chi connectivity index (χ1v) is 6.58. The van der Waals surface area contributed by atoms with Crippen LogP contribution < -0.4 is 5.43 Å². The monoisotopic (exact) mass is 243 g/mol. The van der Waals surface area contributed by atoms with Crippen LogP contribution in [0.15, 0.2) is 23.0 Å². The van der Waals surface area contributed by atoms with Gasteiger partial charge in [-0.05, 0) is 30.4 Å². The number of hydrogen-bond donors (Lipinski definition) is 1. The van der Waals surface area contributed by atoms with E-state index in [0.717, 1.165) is 22.2 Å². The van der Waals surface area contributed by atoms with E-state index in [1.54, 1.807) is 0 Å². The van der Waals surface area contributed by atoms with Crippen LogP contribution in [-0.2, 0) is 0 Å². The fraction of sp³-hybridized carbons (Fsp3) is 0.438. The van der Waals surface area contributed by atoms with Gasteiger partial charge in [-0.25, -0.2) is 0 Å². The fourth-order valence-electron chi connectivity index (χ4n) is 2.65. The van der Waals surface area contributed by atoms with Gasteiger partial charge in [-0.3, -0.25) is 4.79 Å². The van der Waals surface area contributed by atoms with Gasteiger partial charge < -0.3 is 4.98 Å². The molecule has 0 aliphatic rings. The molecule has 0 aliphatic heterocycles. The lowest BCUT2D eigenvalue weighted by atomic mass is 9.95. The summed E-state index contributed by atoms with van der Waals surface area (Å²) in [6, 6.07) is 6.00. The van der Waals surface area contributed by atoms with Crippen molar-refractivity contribution < 1.29 is 0 Å². The smallest absolute Gasteiger partial charge is 0.193 e. The molecule has 2 aromatic rings. The van der Waals surface area contributed by atoms with Gasteiger partial charge in [0.1, 0.15) is 0 Å². The van der Waals surface area contributed by atoms with E-state index in [0.29, 0.717) is 5.92 Å². The van der Waals surface area contributed by atoms with E-state index in [-0.39, 0.29) is 11.3 Å². The number of nitrogens with one attached hydrogen (secondary N) is 1. The summed E-state index contributed by atoms with van der Waals surface area (Å²) in [7, 11) is 0. The van der Waals surface area contributed by atoms with E-state index in [1.807, 2.05) is 19.1 Å². The molecule has 1 aromatic carbocycles. The number of benzene rings is 1. The molecule has 2 nitrogen and oxygen atoms in total. The lowest BCUT2D eigenvalue weighted by Gasteiger charge is -2.14. The van der Waals surface area contributed by atoms with Crippen LogP contribution in [0.2, 0.25) is 0 Å². The highest BCUT2D eigenvalue weighted by Gasteiger charge is 2.14. The minimum Gasteiger partial charge on any atom is -0.358 e. The third-order valence-electron chi connectivity index (χ3n) is 3.50. The molecule has 1 N–H and O–H groups in total. The SMILES string of the molecule is Cc1[nH]c2c(C(C)C)cccc2c(=O)c1C(C)C. The van der Waals surface area contributed by atoms with E-state index < -0.39 is 0 Å².